The van der Waals surface area contributed by atoms with Crippen molar-refractivity contribution in [2.75, 3.05) is 7.05 Å². The molecule has 0 saturated heterocycles. The Bertz CT molecular complexity index is 721. The number of sulfonamides is 1. The Labute approximate surface area is 117 Å². The zero-order valence-electron chi connectivity index (χ0n) is 11.5. The Balaban J connectivity index is 1.80. The SMILES string of the molecule is CC(C1CC1)N(C)S(=O)(=O)Cc1ccc2nonc2c1. The Kier molecular flexibility index (Phi) is 3.25. The van der Waals surface area contributed by atoms with E-state index in [2.05, 4.69) is 14.9 Å². The van der Waals surface area contributed by atoms with Gasteiger partial charge < -0.3 is 0 Å². The summed E-state index contributed by atoms with van der Waals surface area (Å²) >= 11 is 0. The third kappa shape index (κ3) is 2.55. The molecule has 2 aromatic rings. The van der Waals surface area contributed by atoms with Gasteiger partial charge in [0.2, 0.25) is 10.0 Å². The Morgan fingerprint density at radius 2 is 2.05 bits per heavy atom. The van der Waals surface area contributed by atoms with Crippen LogP contribution < -0.4 is 0 Å². The van der Waals surface area contributed by atoms with Crippen LogP contribution >= 0.6 is 0 Å². The zero-order chi connectivity index (χ0) is 14.3. The molecule has 6 nitrogen and oxygen atoms in total. The molecule has 1 fully saturated rings. The summed E-state index contributed by atoms with van der Waals surface area (Å²) in [6, 6.07) is 5.25. The maximum atomic E-state index is 12.4. The number of nitrogens with zero attached hydrogens (tertiary/aromatic N) is 3. The van der Waals surface area contributed by atoms with Gasteiger partial charge in [0.25, 0.3) is 0 Å². The van der Waals surface area contributed by atoms with Gasteiger partial charge in [0, 0.05) is 13.1 Å². The molecule has 0 amide bonds. The Morgan fingerprint density at radius 1 is 1.35 bits per heavy atom. The first-order valence-electron chi connectivity index (χ1n) is 6.64. The van der Waals surface area contributed by atoms with Gasteiger partial charge in [0.05, 0.1) is 5.75 Å². The molecular weight excluding hydrogens is 278 g/mol. The monoisotopic (exact) mass is 295 g/mol. The zero-order valence-corrected chi connectivity index (χ0v) is 12.3. The van der Waals surface area contributed by atoms with E-state index in [1.54, 1.807) is 25.2 Å². The predicted molar refractivity (Wildman–Crippen MR) is 74.4 cm³/mol. The highest BCUT2D eigenvalue weighted by molar-refractivity contribution is 7.88. The highest BCUT2D eigenvalue weighted by atomic mass is 32.2. The van der Waals surface area contributed by atoms with Gasteiger partial charge in [-0.2, -0.15) is 0 Å². The summed E-state index contributed by atoms with van der Waals surface area (Å²) < 4.78 is 30.9. The van der Waals surface area contributed by atoms with Crippen molar-refractivity contribution in [3.8, 4) is 0 Å². The molecule has 1 unspecified atom stereocenters. The van der Waals surface area contributed by atoms with Crippen molar-refractivity contribution in [1.29, 1.82) is 0 Å². The normalized spacial score (nSPS) is 17.8. The molecule has 1 aliphatic carbocycles. The molecule has 108 valence electrons. The van der Waals surface area contributed by atoms with Crippen LogP contribution in [0.1, 0.15) is 25.3 Å². The van der Waals surface area contributed by atoms with Crippen LogP contribution in [0.2, 0.25) is 0 Å². The molecule has 7 heteroatoms. The van der Waals surface area contributed by atoms with Crippen LogP contribution in [0.5, 0.6) is 0 Å². The van der Waals surface area contributed by atoms with Crippen molar-refractivity contribution in [1.82, 2.24) is 14.6 Å². The summed E-state index contributed by atoms with van der Waals surface area (Å²) in [6.07, 6.45) is 2.25. The van der Waals surface area contributed by atoms with Crippen molar-refractivity contribution in [2.24, 2.45) is 5.92 Å². The fourth-order valence-corrected chi connectivity index (χ4v) is 3.84. The minimum absolute atomic E-state index is 0.0244. The number of hydrogen-bond donors (Lipinski definition) is 0. The maximum absolute atomic E-state index is 12.4. The average Bonchev–Trinajstić information content (AvgIpc) is 3.15. The van der Waals surface area contributed by atoms with Crippen molar-refractivity contribution < 1.29 is 13.0 Å². The quantitative estimate of drug-likeness (QED) is 0.840. The first-order chi connectivity index (χ1) is 9.47. The summed E-state index contributed by atoms with van der Waals surface area (Å²) in [5, 5.41) is 7.44. The lowest BCUT2D eigenvalue weighted by Crippen LogP contribution is -2.37. The lowest BCUT2D eigenvalue weighted by Gasteiger charge is -2.24. The van der Waals surface area contributed by atoms with E-state index in [0.717, 1.165) is 12.8 Å². The lowest BCUT2D eigenvalue weighted by atomic mass is 10.2. The second-order valence-electron chi connectivity index (χ2n) is 5.44. The van der Waals surface area contributed by atoms with E-state index in [-0.39, 0.29) is 11.8 Å². The van der Waals surface area contributed by atoms with Gasteiger partial charge in [-0.25, -0.2) is 17.4 Å². The molecule has 1 aromatic carbocycles. The molecule has 0 bridgehead atoms. The largest absolute Gasteiger partial charge is 0.243 e. The molecule has 0 N–H and O–H groups in total. The van der Waals surface area contributed by atoms with E-state index in [9.17, 15) is 8.42 Å². The number of benzene rings is 1. The maximum Gasteiger partial charge on any atom is 0.218 e. The van der Waals surface area contributed by atoms with Gasteiger partial charge in [-0.15, -0.1) is 0 Å². The summed E-state index contributed by atoms with van der Waals surface area (Å²) in [5.41, 5.74) is 1.91. The second-order valence-corrected chi connectivity index (χ2v) is 7.47. The summed E-state index contributed by atoms with van der Waals surface area (Å²) in [4.78, 5) is 0. The molecular formula is C13H17N3O3S. The first-order valence-corrected chi connectivity index (χ1v) is 8.25. The van der Waals surface area contributed by atoms with Gasteiger partial charge in [-0.05, 0) is 53.7 Å². The molecule has 0 spiro atoms. The molecule has 20 heavy (non-hydrogen) atoms. The van der Waals surface area contributed by atoms with E-state index in [1.165, 1.54) is 4.31 Å². The Morgan fingerprint density at radius 3 is 2.75 bits per heavy atom. The second kappa shape index (κ2) is 4.82. The lowest BCUT2D eigenvalue weighted by molar-refractivity contribution is 0.315. The van der Waals surface area contributed by atoms with E-state index < -0.39 is 10.0 Å². The molecule has 1 aromatic heterocycles. The van der Waals surface area contributed by atoms with E-state index in [1.807, 2.05) is 6.92 Å². The molecule has 0 aliphatic heterocycles. The third-order valence-corrected chi connectivity index (χ3v) is 5.89. The minimum Gasteiger partial charge on any atom is -0.243 e. The fraction of sp³-hybridized carbons (Fsp3) is 0.538. The third-order valence-electron chi connectivity index (χ3n) is 3.98. The number of fused-ring (bicyclic) bond motifs is 1. The van der Waals surface area contributed by atoms with Crippen molar-refractivity contribution >= 4 is 21.1 Å². The van der Waals surface area contributed by atoms with E-state index in [4.69, 9.17) is 0 Å². The van der Waals surface area contributed by atoms with Crippen LogP contribution in [0, 0.1) is 5.92 Å². The topological polar surface area (TPSA) is 76.3 Å². The predicted octanol–water partition coefficient (Wildman–Crippen LogP) is 1.78. The van der Waals surface area contributed by atoms with Gasteiger partial charge in [-0.1, -0.05) is 6.07 Å². The van der Waals surface area contributed by atoms with Crippen LogP contribution in [-0.2, 0) is 15.8 Å². The minimum atomic E-state index is -3.31. The van der Waals surface area contributed by atoms with Gasteiger partial charge in [0.1, 0.15) is 11.0 Å². The standard InChI is InChI=1S/C13H17N3O3S/c1-9(11-4-5-11)16(2)20(17,18)8-10-3-6-12-13(7-10)15-19-14-12/h3,6-7,9,11H,4-5,8H2,1-2H3. The van der Waals surface area contributed by atoms with Crippen LogP contribution in [0.15, 0.2) is 22.8 Å². The van der Waals surface area contributed by atoms with Gasteiger partial charge in [-0.3, -0.25) is 0 Å². The summed E-state index contributed by atoms with van der Waals surface area (Å²) in [5.74, 6) is 0.487. The van der Waals surface area contributed by atoms with Crippen LogP contribution in [0.25, 0.3) is 11.0 Å². The summed E-state index contributed by atoms with van der Waals surface area (Å²) in [7, 11) is -1.65. The molecule has 0 radical (unpaired) electrons. The van der Waals surface area contributed by atoms with E-state index >= 15 is 0 Å². The average molecular weight is 295 g/mol. The molecule has 1 saturated carbocycles. The first kappa shape index (κ1) is 13.5. The summed E-state index contributed by atoms with van der Waals surface area (Å²) in [6.45, 7) is 1.97. The number of hydrogen-bond acceptors (Lipinski definition) is 5. The van der Waals surface area contributed by atoms with Gasteiger partial charge in [0.15, 0.2) is 0 Å². The van der Waals surface area contributed by atoms with Crippen molar-refractivity contribution in [3.63, 3.8) is 0 Å². The highest BCUT2D eigenvalue weighted by Gasteiger charge is 2.35. The highest BCUT2D eigenvalue weighted by Crippen LogP contribution is 2.35. The Hall–Kier alpha value is -1.47. The number of rotatable bonds is 5. The van der Waals surface area contributed by atoms with Crippen molar-refractivity contribution in [2.45, 2.75) is 31.6 Å². The van der Waals surface area contributed by atoms with Crippen LogP contribution in [0.3, 0.4) is 0 Å². The van der Waals surface area contributed by atoms with Crippen LogP contribution in [0.4, 0.5) is 0 Å². The molecule has 1 heterocycles. The number of aromatic nitrogens is 2. The van der Waals surface area contributed by atoms with Crippen LogP contribution in [-0.4, -0.2) is 36.1 Å². The van der Waals surface area contributed by atoms with Crippen molar-refractivity contribution in [3.05, 3.63) is 23.8 Å². The smallest absolute Gasteiger partial charge is 0.218 e. The molecule has 1 atom stereocenters. The van der Waals surface area contributed by atoms with Gasteiger partial charge >= 0.3 is 0 Å². The van der Waals surface area contributed by atoms with E-state index in [0.29, 0.717) is 22.5 Å². The fourth-order valence-electron chi connectivity index (χ4n) is 2.36. The molecule has 1 aliphatic rings. The molecule has 3 rings (SSSR count).